The van der Waals surface area contributed by atoms with E-state index in [0.717, 1.165) is 30.7 Å². The standard InChI is InChI=1S/C23H30F3N3O/c1-3-4-5-10-21-11-14-22(15-12-21,16-13-21)20-28-27-19(29(20)2)17-6-8-18(9-7-17)30-23(24,25)26/h6-9H,3-5,10-16H2,1-2H3. The molecule has 2 bridgehead atoms. The van der Waals surface area contributed by atoms with E-state index in [0.29, 0.717) is 11.2 Å². The van der Waals surface area contributed by atoms with Gasteiger partial charge in [-0.15, -0.1) is 23.4 Å². The number of ether oxygens (including phenoxy) is 1. The summed E-state index contributed by atoms with van der Waals surface area (Å²) in [6.45, 7) is 2.26. The van der Waals surface area contributed by atoms with Gasteiger partial charge in [0.1, 0.15) is 11.6 Å². The van der Waals surface area contributed by atoms with Gasteiger partial charge < -0.3 is 9.30 Å². The van der Waals surface area contributed by atoms with Crippen molar-refractivity contribution in [3.05, 3.63) is 30.1 Å². The molecule has 0 saturated heterocycles. The van der Waals surface area contributed by atoms with Gasteiger partial charge in [0.15, 0.2) is 5.82 Å². The zero-order valence-electron chi connectivity index (χ0n) is 17.8. The lowest BCUT2D eigenvalue weighted by atomic mass is 9.52. The van der Waals surface area contributed by atoms with Crippen molar-refractivity contribution in [2.45, 2.75) is 82.9 Å². The zero-order valence-corrected chi connectivity index (χ0v) is 17.8. The van der Waals surface area contributed by atoms with Gasteiger partial charge in [-0.3, -0.25) is 0 Å². The van der Waals surface area contributed by atoms with Crippen LogP contribution in [0, 0.1) is 5.41 Å². The highest BCUT2D eigenvalue weighted by atomic mass is 19.4. The Morgan fingerprint density at radius 3 is 2.17 bits per heavy atom. The summed E-state index contributed by atoms with van der Waals surface area (Å²) in [4.78, 5) is 0. The quantitative estimate of drug-likeness (QED) is 0.476. The molecule has 3 fully saturated rings. The van der Waals surface area contributed by atoms with Crippen LogP contribution in [0.5, 0.6) is 5.75 Å². The van der Waals surface area contributed by atoms with Gasteiger partial charge in [-0.25, -0.2) is 0 Å². The minimum atomic E-state index is -4.69. The fourth-order valence-electron chi connectivity index (χ4n) is 5.57. The van der Waals surface area contributed by atoms with E-state index in [4.69, 9.17) is 0 Å². The lowest BCUT2D eigenvalue weighted by Crippen LogP contribution is -2.45. The second-order valence-electron chi connectivity index (χ2n) is 9.22. The molecule has 3 aliphatic rings. The molecule has 4 nitrogen and oxygen atoms in total. The van der Waals surface area contributed by atoms with E-state index in [2.05, 4.69) is 21.9 Å². The Labute approximate surface area is 175 Å². The average molecular weight is 422 g/mol. The van der Waals surface area contributed by atoms with Gasteiger partial charge in [-0.05, 0) is 74.6 Å². The molecule has 2 aromatic rings. The summed E-state index contributed by atoms with van der Waals surface area (Å²) in [5.41, 5.74) is 1.36. The summed E-state index contributed by atoms with van der Waals surface area (Å²) in [6.07, 6.45) is 7.87. The van der Waals surface area contributed by atoms with E-state index in [-0.39, 0.29) is 11.2 Å². The van der Waals surface area contributed by atoms with Crippen molar-refractivity contribution < 1.29 is 17.9 Å². The van der Waals surface area contributed by atoms with Crippen molar-refractivity contribution >= 4 is 0 Å². The second-order valence-corrected chi connectivity index (χ2v) is 9.22. The molecule has 0 unspecified atom stereocenters. The van der Waals surface area contributed by atoms with Crippen molar-refractivity contribution in [1.29, 1.82) is 0 Å². The van der Waals surface area contributed by atoms with Gasteiger partial charge >= 0.3 is 6.36 Å². The van der Waals surface area contributed by atoms with E-state index in [1.165, 1.54) is 57.1 Å². The number of unbranched alkanes of at least 4 members (excludes halogenated alkanes) is 2. The Bertz CT molecular complexity index is 848. The summed E-state index contributed by atoms with van der Waals surface area (Å²) < 4.78 is 43.2. The SMILES string of the molecule is CCCCCC12CCC(c3nnc(-c4ccc(OC(F)(F)F)cc4)n3C)(CC1)CC2. The fraction of sp³-hybridized carbons (Fsp3) is 0.652. The highest BCUT2D eigenvalue weighted by Crippen LogP contribution is 2.59. The summed E-state index contributed by atoms with van der Waals surface area (Å²) in [6, 6.07) is 5.85. The summed E-state index contributed by atoms with van der Waals surface area (Å²) in [5.74, 6) is 1.48. The number of rotatable bonds is 7. The van der Waals surface area contributed by atoms with Gasteiger partial charge in [0, 0.05) is 18.0 Å². The van der Waals surface area contributed by atoms with Crippen LogP contribution in [0.4, 0.5) is 13.2 Å². The van der Waals surface area contributed by atoms with Gasteiger partial charge in [0.25, 0.3) is 0 Å². The number of alkyl halides is 3. The third kappa shape index (κ3) is 4.08. The predicted molar refractivity (Wildman–Crippen MR) is 109 cm³/mol. The van der Waals surface area contributed by atoms with E-state index in [1.807, 2.05) is 11.6 Å². The maximum absolute atomic E-state index is 12.4. The van der Waals surface area contributed by atoms with Crippen LogP contribution >= 0.6 is 0 Å². The summed E-state index contributed by atoms with van der Waals surface area (Å²) in [5, 5.41) is 8.97. The number of fused-ring (bicyclic) bond motifs is 3. The average Bonchev–Trinajstić information content (AvgIpc) is 3.11. The van der Waals surface area contributed by atoms with Crippen LogP contribution in [-0.4, -0.2) is 21.1 Å². The molecule has 3 saturated carbocycles. The number of halogens is 3. The highest BCUT2D eigenvalue weighted by molar-refractivity contribution is 5.57. The molecule has 1 heterocycles. The number of nitrogens with zero attached hydrogens (tertiary/aromatic N) is 3. The third-order valence-electron chi connectivity index (χ3n) is 7.41. The van der Waals surface area contributed by atoms with Crippen LogP contribution in [0.25, 0.3) is 11.4 Å². The van der Waals surface area contributed by atoms with Crippen molar-refractivity contribution in [2.75, 3.05) is 0 Å². The predicted octanol–water partition coefficient (Wildman–Crippen LogP) is 6.55. The van der Waals surface area contributed by atoms with Gasteiger partial charge in [0.05, 0.1) is 0 Å². The highest BCUT2D eigenvalue weighted by Gasteiger charge is 2.51. The fourth-order valence-corrected chi connectivity index (χ4v) is 5.57. The summed E-state index contributed by atoms with van der Waals surface area (Å²) >= 11 is 0. The number of benzene rings is 1. The molecule has 30 heavy (non-hydrogen) atoms. The Kier molecular flexibility index (Phi) is 5.58. The molecular formula is C23H30F3N3O. The van der Waals surface area contributed by atoms with E-state index >= 15 is 0 Å². The Morgan fingerprint density at radius 1 is 0.967 bits per heavy atom. The van der Waals surface area contributed by atoms with Crippen molar-refractivity contribution in [3.63, 3.8) is 0 Å². The molecule has 0 spiro atoms. The van der Waals surface area contributed by atoms with Crippen LogP contribution in [0.15, 0.2) is 24.3 Å². The molecule has 0 radical (unpaired) electrons. The normalized spacial score (nSPS) is 26.2. The number of hydrogen-bond acceptors (Lipinski definition) is 3. The van der Waals surface area contributed by atoms with E-state index in [9.17, 15) is 13.2 Å². The molecule has 5 rings (SSSR count). The lowest BCUT2D eigenvalue weighted by molar-refractivity contribution is -0.274. The molecule has 0 atom stereocenters. The molecule has 0 aliphatic heterocycles. The zero-order chi connectivity index (χ0) is 21.4. The molecule has 1 aromatic heterocycles. The molecule has 0 amide bonds. The molecule has 1 aromatic carbocycles. The molecule has 0 N–H and O–H groups in total. The smallest absolute Gasteiger partial charge is 0.406 e. The van der Waals surface area contributed by atoms with Crippen molar-refractivity contribution in [1.82, 2.24) is 14.8 Å². The maximum atomic E-state index is 12.4. The van der Waals surface area contributed by atoms with Crippen LogP contribution in [0.1, 0.15) is 77.0 Å². The first kappa shape index (κ1) is 21.2. The lowest BCUT2D eigenvalue weighted by Gasteiger charge is -2.53. The minimum absolute atomic E-state index is 0.0891. The molecular weight excluding hydrogens is 391 g/mol. The maximum Gasteiger partial charge on any atom is 0.573 e. The number of aromatic nitrogens is 3. The van der Waals surface area contributed by atoms with Crippen LogP contribution < -0.4 is 4.74 Å². The Hall–Kier alpha value is -2.05. The second kappa shape index (κ2) is 7.89. The molecule has 3 aliphatic carbocycles. The minimum Gasteiger partial charge on any atom is -0.406 e. The van der Waals surface area contributed by atoms with Gasteiger partial charge in [-0.2, -0.15) is 0 Å². The first-order valence-electron chi connectivity index (χ1n) is 11.0. The third-order valence-corrected chi connectivity index (χ3v) is 7.41. The monoisotopic (exact) mass is 421 g/mol. The van der Waals surface area contributed by atoms with Crippen molar-refractivity contribution in [2.24, 2.45) is 12.5 Å². The molecule has 7 heteroatoms. The Balaban J connectivity index is 1.49. The summed E-state index contributed by atoms with van der Waals surface area (Å²) in [7, 11) is 1.97. The first-order valence-corrected chi connectivity index (χ1v) is 11.0. The topological polar surface area (TPSA) is 39.9 Å². The van der Waals surface area contributed by atoms with Gasteiger partial charge in [0.2, 0.25) is 0 Å². The van der Waals surface area contributed by atoms with Crippen LogP contribution in [0.3, 0.4) is 0 Å². The largest absolute Gasteiger partial charge is 0.573 e. The van der Waals surface area contributed by atoms with Gasteiger partial charge in [-0.1, -0.05) is 26.2 Å². The first-order chi connectivity index (χ1) is 14.3. The van der Waals surface area contributed by atoms with E-state index < -0.39 is 6.36 Å². The van der Waals surface area contributed by atoms with Crippen LogP contribution in [-0.2, 0) is 12.5 Å². The number of hydrogen-bond donors (Lipinski definition) is 0. The van der Waals surface area contributed by atoms with E-state index in [1.54, 1.807) is 12.1 Å². The van der Waals surface area contributed by atoms with Crippen LogP contribution in [0.2, 0.25) is 0 Å². The Morgan fingerprint density at radius 2 is 1.60 bits per heavy atom. The van der Waals surface area contributed by atoms with Crippen molar-refractivity contribution in [3.8, 4) is 17.1 Å². The molecule has 164 valence electrons.